The van der Waals surface area contributed by atoms with Gasteiger partial charge in [0, 0.05) is 19.0 Å². The maximum atomic E-state index is 15.2. The second-order valence-corrected chi connectivity index (χ2v) is 10.00. The Bertz CT molecular complexity index is 1040. The van der Waals surface area contributed by atoms with Crippen LogP contribution in [-0.4, -0.2) is 65.5 Å². The van der Waals surface area contributed by atoms with Crippen molar-refractivity contribution in [1.29, 1.82) is 0 Å². The van der Waals surface area contributed by atoms with Gasteiger partial charge in [0.1, 0.15) is 35.7 Å². The summed E-state index contributed by atoms with van der Waals surface area (Å²) in [5, 5.41) is 0.601. The molecule has 3 aliphatic rings. The smallest absolute Gasteiger partial charge is 0.319 e. The number of fused-ring (bicyclic) bond motifs is 1. The molecule has 0 unspecified atom stereocenters. The highest BCUT2D eigenvalue weighted by Gasteiger charge is 2.49. The van der Waals surface area contributed by atoms with Gasteiger partial charge in [0.25, 0.3) is 0 Å². The van der Waals surface area contributed by atoms with Gasteiger partial charge in [-0.3, -0.25) is 4.90 Å². The fourth-order valence-corrected chi connectivity index (χ4v) is 5.72. The lowest BCUT2D eigenvalue weighted by atomic mass is 9.95. The zero-order valence-electron chi connectivity index (χ0n) is 17.4. The maximum Gasteiger partial charge on any atom is 0.319 e. The van der Waals surface area contributed by atoms with E-state index in [-0.39, 0.29) is 39.2 Å². The highest BCUT2D eigenvalue weighted by molar-refractivity contribution is 9.10. The third kappa shape index (κ3) is 3.43. The van der Waals surface area contributed by atoms with Gasteiger partial charge < -0.3 is 14.4 Å². The Balaban J connectivity index is 1.59. The first kappa shape index (κ1) is 21.4. The van der Waals surface area contributed by atoms with Crippen LogP contribution in [0.1, 0.15) is 33.1 Å². The minimum Gasteiger partial charge on any atom is -0.489 e. The molecule has 1 aromatic carbocycles. The van der Waals surface area contributed by atoms with E-state index in [1.54, 1.807) is 0 Å². The average molecular weight is 518 g/mol. The van der Waals surface area contributed by atoms with Crippen LogP contribution >= 0.6 is 27.5 Å². The first-order valence-corrected chi connectivity index (χ1v) is 11.8. The van der Waals surface area contributed by atoms with Crippen LogP contribution in [0.4, 0.5) is 14.6 Å². The molecule has 0 aliphatic carbocycles. The van der Waals surface area contributed by atoms with E-state index in [2.05, 4.69) is 30.8 Å². The summed E-state index contributed by atoms with van der Waals surface area (Å²) >= 11 is 9.61. The Morgan fingerprint density at radius 1 is 1.35 bits per heavy atom. The minimum atomic E-state index is -0.849. The summed E-state index contributed by atoms with van der Waals surface area (Å²) in [6.45, 7) is 6.60. The molecule has 2 aromatic rings. The molecule has 4 heterocycles. The summed E-state index contributed by atoms with van der Waals surface area (Å²) < 4.78 is 41.3. The number of aromatic nitrogens is 2. The summed E-state index contributed by atoms with van der Waals surface area (Å²) in [5.74, 6) is 0.314. The second-order valence-electron chi connectivity index (χ2n) is 8.82. The molecule has 0 bridgehead atoms. The van der Waals surface area contributed by atoms with Gasteiger partial charge in [-0.2, -0.15) is 9.97 Å². The first-order chi connectivity index (χ1) is 14.8. The lowest BCUT2D eigenvalue weighted by Gasteiger charge is -2.31. The standard InChI is InChI=1S/C21H24BrClF2N4O2/c1-11(2)29-6-7-30-18-13-17(16(25)14(22)15(18)23)26-20(27-19(13)29)31-10-21-4-3-5-28(21)9-12(24)8-21/h11-12H,3-10H2,1-2H3/t12-,21+/m1/s1. The molecular formula is C21H24BrClF2N4O2. The van der Waals surface area contributed by atoms with E-state index in [4.69, 9.17) is 21.1 Å². The number of hydrogen-bond donors (Lipinski definition) is 0. The van der Waals surface area contributed by atoms with Gasteiger partial charge in [-0.15, -0.1) is 0 Å². The molecule has 1 aromatic heterocycles. The Morgan fingerprint density at radius 3 is 2.94 bits per heavy atom. The number of anilines is 1. The van der Waals surface area contributed by atoms with Crippen LogP contribution in [0, 0.1) is 5.82 Å². The number of ether oxygens (including phenoxy) is 2. The SMILES string of the molecule is CC(C)N1CCOc2c(Cl)c(Br)c(F)c3nc(OC[C@@]45CCCN4C[C@H](F)C5)nc1c23. The molecular weight excluding hydrogens is 494 g/mol. The maximum absolute atomic E-state index is 15.2. The van der Waals surface area contributed by atoms with Crippen LogP contribution in [0.2, 0.25) is 5.02 Å². The number of hydrogen-bond acceptors (Lipinski definition) is 6. The number of alkyl halides is 1. The van der Waals surface area contributed by atoms with Crippen molar-refractivity contribution < 1.29 is 18.3 Å². The fourth-order valence-electron chi connectivity index (χ4n) is 5.12. The zero-order valence-corrected chi connectivity index (χ0v) is 19.8. The summed E-state index contributed by atoms with van der Waals surface area (Å²) in [7, 11) is 0. The first-order valence-electron chi connectivity index (χ1n) is 10.6. The quantitative estimate of drug-likeness (QED) is 0.546. The Kier molecular flexibility index (Phi) is 5.42. The molecule has 2 atom stereocenters. The lowest BCUT2D eigenvalue weighted by Crippen LogP contribution is -2.43. The molecule has 0 saturated carbocycles. The van der Waals surface area contributed by atoms with Gasteiger partial charge in [-0.1, -0.05) is 11.6 Å². The molecule has 2 saturated heterocycles. The summed E-state index contributed by atoms with van der Waals surface area (Å²) in [4.78, 5) is 13.2. The molecule has 0 N–H and O–H groups in total. The summed E-state index contributed by atoms with van der Waals surface area (Å²) in [6, 6.07) is 0.176. The highest BCUT2D eigenvalue weighted by Crippen LogP contribution is 2.46. The van der Waals surface area contributed by atoms with E-state index in [1.807, 2.05) is 18.7 Å². The van der Waals surface area contributed by atoms with Crippen LogP contribution in [-0.2, 0) is 0 Å². The van der Waals surface area contributed by atoms with Crippen LogP contribution in [0.5, 0.6) is 11.8 Å². The molecule has 31 heavy (non-hydrogen) atoms. The van der Waals surface area contributed by atoms with Gasteiger partial charge in [0.15, 0.2) is 11.6 Å². The number of nitrogens with zero attached hydrogens (tertiary/aromatic N) is 4. The van der Waals surface area contributed by atoms with Crippen molar-refractivity contribution in [3.8, 4) is 11.8 Å². The normalized spacial score (nSPS) is 25.8. The molecule has 10 heteroatoms. The monoisotopic (exact) mass is 516 g/mol. The van der Waals surface area contributed by atoms with Crippen molar-refractivity contribution in [3.63, 3.8) is 0 Å². The highest BCUT2D eigenvalue weighted by atomic mass is 79.9. The predicted octanol–water partition coefficient (Wildman–Crippen LogP) is 4.75. The van der Waals surface area contributed by atoms with E-state index < -0.39 is 12.0 Å². The molecule has 0 spiro atoms. The fraction of sp³-hybridized carbons (Fsp3) is 0.619. The van der Waals surface area contributed by atoms with E-state index in [9.17, 15) is 4.39 Å². The number of rotatable bonds is 4. The summed E-state index contributed by atoms with van der Waals surface area (Å²) in [5.41, 5.74) is -0.244. The van der Waals surface area contributed by atoms with Crippen molar-refractivity contribution in [2.45, 2.75) is 50.9 Å². The topological polar surface area (TPSA) is 50.7 Å². The molecule has 6 nitrogen and oxygen atoms in total. The zero-order chi connectivity index (χ0) is 21.9. The molecule has 5 rings (SSSR count). The predicted molar refractivity (Wildman–Crippen MR) is 119 cm³/mol. The van der Waals surface area contributed by atoms with E-state index >= 15 is 4.39 Å². The minimum absolute atomic E-state index is 0.0812. The third-order valence-corrected chi connectivity index (χ3v) is 7.93. The number of halogens is 4. The van der Waals surface area contributed by atoms with Crippen LogP contribution in [0.25, 0.3) is 10.9 Å². The van der Waals surface area contributed by atoms with E-state index in [1.165, 1.54) is 0 Å². The van der Waals surface area contributed by atoms with Gasteiger partial charge in [0.05, 0.1) is 21.9 Å². The van der Waals surface area contributed by atoms with E-state index in [0.29, 0.717) is 43.1 Å². The van der Waals surface area contributed by atoms with Crippen molar-refractivity contribution in [1.82, 2.24) is 14.9 Å². The van der Waals surface area contributed by atoms with Gasteiger partial charge in [-0.25, -0.2) is 8.78 Å². The molecule has 0 radical (unpaired) electrons. The van der Waals surface area contributed by atoms with Crippen molar-refractivity contribution in [2.24, 2.45) is 0 Å². The molecule has 2 fully saturated rings. The average Bonchev–Trinajstić information content (AvgIpc) is 3.17. The summed E-state index contributed by atoms with van der Waals surface area (Å²) in [6.07, 6.45) is 1.48. The molecule has 0 amide bonds. The van der Waals surface area contributed by atoms with Crippen molar-refractivity contribution >= 4 is 44.3 Å². The molecule has 168 valence electrons. The van der Waals surface area contributed by atoms with Crippen LogP contribution < -0.4 is 14.4 Å². The van der Waals surface area contributed by atoms with Crippen molar-refractivity contribution in [2.75, 3.05) is 37.7 Å². The lowest BCUT2D eigenvalue weighted by molar-refractivity contribution is 0.107. The Morgan fingerprint density at radius 2 is 2.16 bits per heavy atom. The van der Waals surface area contributed by atoms with Crippen LogP contribution in [0.15, 0.2) is 4.47 Å². The van der Waals surface area contributed by atoms with Crippen LogP contribution in [0.3, 0.4) is 0 Å². The van der Waals surface area contributed by atoms with Gasteiger partial charge in [0.2, 0.25) is 0 Å². The Labute approximate surface area is 193 Å². The van der Waals surface area contributed by atoms with E-state index in [0.717, 1.165) is 19.4 Å². The Hall–Kier alpha value is -1.45. The second kappa shape index (κ2) is 7.85. The largest absolute Gasteiger partial charge is 0.489 e. The molecule has 3 aliphatic heterocycles. The van der Waals surface area contributed by atoms with Crippen molar-refractivity contribution in [3.05, 3.63) is 15.3 Å². The van der Waals surface area contributed by atoms with Gasteiger partial charge >= 0.3 is 6.01 Å². The number of benzene rings is 1. The third-order valence-electron chi connectivity index (χ3n) is 6.59. The van der Waals surface area contributed by atoms with Gasteiger partial charge in [-0.05, 0) is 49.2 Å².